The molecule has 0 saturated heterocycles. The molecule has 112 valence electrons. The van der Waals surface area contributed by atoms with Crippen molar-refractivity contribution in [3.8, 4) is 0 Å². The Kier molecular flexibility index (Phi) is 4.87. The van der Waals surface area contributed by atoms with Crippen LogP contribution >= 0.6 is 0 Å². The molecule has 1 aliphatic carbocycles. The molecule has 0 aliphatic heterocycles. The van der Waals surface area contributed by atoms with E-state index in [0.717, 1.165) is 11.2 Å². The fraction of sp³-hybridized carbons (Fsp3) is 0.526. The van der Waals surface area contributed by atoms with Gasteiger partial charge in [-0.3, -0.25) is 4.98 Å². The first-order chi connectivity index (χ1) is 10.3. The molecule has 2 heteroatoms. The van der Waals surface area contributed by atoms with Crippen molar-refractivity contribution in [2.24, 2.45) is 5.92 Å². The van der Waals surface area contributed by atoms with Gasteiger partial charge in [-0.1, -0.05) is 56.4 Å². The maximum atomic E-state index is 10.6. The highest BCUT2D eigenvalue weighted by Gasteiger charge is 2.20. The Morgan fingerprint density at radius 2 is 1.67 bits per heavy atom. The number of hydrogen-bond acceptors (Lipinski definition) is 2. The first-order valence-electron chi connectivity index (χ1n) is 8.36. The second-order valence-electron chi connectivity index (χ2n) is 6.37. The van der Waals surface area contributed by atoms with E-state index in [1.807, 2.05) is 18.2 Å². The molecular formula is C19H25NO. The molecule has 2 nitrogen and oxygen atoms in total. The summed E-state index contributed by atoms with van der Waals surface area (Å²) in [5, 5.41) is 11.7. The molecule has 1 saturated carbocycles. The normalized spacial score (nSPS) is 19.1. The topological polar surface area (TPSA) is 33.1 Å². The lowest BCUT2D eigenvalue weighted by atomic mass is 9.85. The van der Waals surface area contributed by atoms with Gasteiger partial charge in [-0.05, 0) is 30.9 Å². The molecular weight excluding hydrogens is 258 g/mol. The van der Waals surface area contributed by atoms with E-state index in [1.54, 1.807) is 0 Å². The van der Waals surface area contributed by atoms with Crippen molar-refractivity contribution in [3.05, 3.63) is 42.1 Å². The number of para-hydroxylation sites is 1. The molecule has 3 rings (SSSR count). The van der Waals surface area contributed by atoms with Gasteiger partial charge in [-0.2, -0.15) is 0 Å². The fourth-order valence-electron chi connectivity index (χ4n) is 3.48. The second kappa shape index (κ2) is 7.04. The number of hydrogen-bond donors (Lipinski definition) is 1. The summed E-state index contributed by atoms with van der Waals surface area (Å²) in [6.07, 6.45) is 9.37. The first-order valence-corrected chi connectivity index (χ1v) is 8.36. The second-order valence-corrected chi connectivity index (χ2v) is 6.37. The van der Waals surface area contributed by atoms with Crippen LogP contribution in [0.15, 0.2) is 36.4 Å². The summed E-state index contributed by atoms with van der Waals surface area (Å²) in [4.78, 5) is 4.69. The molecule has 2 aromatic rings. The maximum absolute atomic E-state index is 10.6. The van der Waals surface area contributed by atoms with Gasteiger partial charge in [-0.25, -0.2) is 0 Å². The number of aromatic nitrogens is 1. The zero-order chi connectivity index (χ0) is 14.5. The van der Waals surface area contributed by atoms with E-state index < -0.39 is 0 Å². The zero-order valence-corrected chi connectivity index (χ0v) is 12.7. The summed E-state index contributed by atoms with van der Waals surface area (Å²) in [5.41, 5.74) is 2.04. The molecule has 0 radical (unpaired) electrons. The molecule has 0 bridgehead atoms. The van der Waals surface area contributed by atoms with Gasteiger partial charge in [0.05, 0.1) is 11.6 Å². The highest BCUT2D eigenvalue weighted by molar-refractivity contribution is 5.78. The van der Waals surface area contributed by atoms with Crippen LogP contribution in [0.5, 0.6) is 0 Å². The Bertz CT molecular complexity index is 573. The summed E-state index contributed by atoms with van der Waals surface area (Å²) in [6.45, 7) is 0. The Morgan fingerprint density at radius 1 is 0.952 bits per heavy atom. The smallest absolute Gasteiger partial charge is 0.0705 e. The molecule has 1 N–H and O–H groups in total. The van der Waals surface area contributed by atoms with E-state index in [1.165, 1.54) is 50.3 Å². The maximum Gasteiger partial charge on any atom is 0.0705 e. The lowest BCUT2D eigenvalue weighted by molar-refractivity contribution is 0.0905. The lowest BCUT2D eigenvalue weighted by Gasteiger charge is -2.24. The van der Waals surface area contributed by atoms with Gasteiger partial charge in [0.2, 0.25) is 0 Å². The molecule has 1 aromatic carbocycles. The largest absolute Gasteiger partial charge is 0.392 e. The van der Waals surface area contributed by atoms with Crippen LogP contribution < -0.4 is 0 Å². The fourth-order valence-corrected chi connectivity index (χ4v) is 3.48. The van der Waals surface area contributed by atoms with Gasteiger partial charge in [0.1, 0.15) is 0 Å². The summed E-state index contributed by atoms with van der Waals surface area (Å²) in [5.74, 6) is 0.457. The van der Waals surface area contributed by atoms with Gasteiger partial charge in [0, 0.05) is 17.5 Å². The minimum Gasteiger partial charge on any atom is -0.392 e. The van der Waals surface area contributed by atoms with Crippen LogP contribution in [0, 0.1) is 5.92 Å². The number of aliphatic hydroxyl groups is 1. The van der Waals surface area contributed by atoms with Crippen molar-refractivity contribution >= 4 is 10.9 Å². The van der Waals surface area contributed by atoms with E-state index in [-0.39, 0.29) is 6.10 Å². The number of nitrogens with zero attached hydrogens (tertiary/aromatic N) is 1. The zero-order valence-electron chi connectivity index (χ0n) is 12.7. The first kappa shape index (κ1) is 14.5. The summed E-state index contributed by atoms with van der Waals surface area (Å²) in [6, 6.07) is 12.4. The van der Waals surface area contributed by atoms with Gasteiger partial charge >= 0.3 is 0 Å². The third-order valence-corrected chi connectivity index (χ3v) is 4.77. The van der Waals surface area contributed by atoms with Gasteiger partial charge in [-0.15, -0.1) is 0 Å². The molecule has 1 aliphatic rings. The minimum atomic E-state index is -0.239. The van der Waals surface area contributed by atoms with E-state index in [0.29, 0.717) is 12.3 Å². The van der Waals surface area contributed by atoms with Crippen molar-refractivity contribution < 1.29 is 5.11 Å². The van der Waals surface area contributed by atoms with Crippen molar-refractivity contribution in [1.82, 2.24) is 4.98 Å². The number of rotatable bonds is 3. The average molecular weight is 283 g/mol. The van der Waals surface area contributed by atoms with Crippen molar-refractivity contribution in [2.45, 2.75) is 57.5 Å². The van der Waals surface area contributed by atoms with Crippen LogP contribution in [-0.4, -0.2) is 16.2 Å². The molecule has 1 heterocycles. The molecule has 1 unspecified atom stereocenters. The summed E-state index contributed by atoms with van der Waals surface area (Å²) in [7, 11) is 0. The van der Waals surface area contributed by atoms with Gasteiger partial charge in [0.15, 0.2) is 0 Å². The summed E-state index contributed by atoms with van der Waals surface area (Å²) < 4.78 is 0. The van der Waals surface area contributed by atoms with E-state index in [4.69, 9.17) is 4.98 Å². The van der Waals surface area contributed by atoms with Crippen molar-refractivity contribution in [1.29, 1.82) is 0 Å². The highest BCUT2D eigenvalue weighted by Crippen LogP contribution is 2.26. The van der Waals surface area contributed by atoms with Gasteiger partial charge < -0.3 is 5.11 Å². The molecule has 1 fully saturated rings. The van der Waals surface area contributed by atoms with Gasteiger partial charge in [0.25, 0.3) is 0 Å². The predicted octanol–water partition coefficient (Wildman–Crippen LogP) is 4.50. The monoisotopic (exact) mass is 283 g/mol. The number of pyridine rings is 1. The van der Waals surface area contributed by atoms with Crippen LogP contribution in [0.4, 0.5) is 0 Å². The number of fused-ring (bicyclic) bond motifs is 1. The Hall–Kier alpha value is -1.41. The van der Waals surface area contributed by atoms with E-state index in [2.05, 4.69) is 18.2 Å². The quantitative estimate of drug-likeness (QED) is 0.899. The minimum absolute atomic E-state index is 0.239. The lowest BCUT2D eigenvalue weighted by Crippen LogP contribution is -2.24. The van der Waals surface area contributed by atoms with Crippen molar-refractivity contribution in [3.63, 3.8) is 0 Å². The van der Waals surface area contributed by atoms with Crippen LogP contribution in [0.2, 0.25) is 0 Å². The molecule has 1 aromatic heterocycles. The standard InChI is InChI=1S/C19H25NO/c21-19(16-9-4-2-1-3-5-10-16)14-17-13-12-15-8-6-7-11-18(15)20-17/h6-8,11-13,16,19,21H,1-5,9-10,14H2. The van der Waals surface area contributed by atoms with Crippen molar-refractivity contribution in [2.75, 3.05) is 0 Å². The highest BCUT2D eigenvalue weighted by atomic mass is 16.3. The average Bonchev–Trinajstić information content (AvgIpc) is 2.46. The molecule has 21 heavy (non-hydrogen) atoms. The number of benzene rings is 1. The Balaban J connectivity index is 1.68. The molecule has 0 spiro atoms. The Morgan fingerprint density at radius 3 is 2.48 bits per heavy atom. The molecule has 0 amide bonds. The third kappa shape index (κ3) is 3.82. The van der Waals surface area contributed by atoms with Crippen LogP contribution in [0.1, 0.15) is 50.6 Å². The molecule has 1 atom stereocenters. The van der Waals surface area contributed by atoms with Crippen LogP contribution in [0.3, 0.4) is 0 Å². The summed E-state index contributed by atoms with van der Waals surface area (Å²) >= 11 is 0. The van der Waals surface area contributed by atoms with Crippen LogP contribution in [0.25, 0.3) is 10.9 Å². The SMILES string of the molecule is OC(Cc1ccc2ccccc2n1)C1CCCCCCC1. The predicted molar refractivity (Wildman–Crippen MR) is 87.3 cm³/mol. The van der Waals surface area contributed by atoms with E-state index in [9.17, 15) is 5.11 Å². The number of aliphatic hydroxyl groups excluding tert-OH is 1. The third-order valence-electron chi connectivity index (χ3n) is 4.77. The van der Waals surface area contributed by atoms with E-state index >= 15 is 0 Å². The van der Waals surface area contributed by atoms with Crippen LogP contribution in [-0.2, 0) is 6.42 Å². The Labute approximate surface area is 127 Å².